The minimum absolute atomic E-state index is 0.0942. The Hall–Kier alpha value is -2.04. The minimum atomic E-state index is -0.612. The Bertz CT molecular complexity index is 596. The number of amides is 1. The maximum absolute atomic E-state index is 13.0. The molecule has 0 aliphatic rings. The summed E-state index contributed by atoms with van der Waals surface area (Å²) < 4.78 is 3.90. The topological polar surface area (TPSA) is 43.1 Å². The molecule has 0 atom stereocenters. The summed E-state index contributed by atoms with van der Waals surface area (Å²) >= 11 is 0. The molecule has 5 heteroatoms. The van der Waals surface area contributed by atoms with Crippen LogP contribution in [-0.2, 0) is 23.9 Å². The molecule has 0 bridgehead atoms. The SMILES string of the molecule is CC(C)N(Cc1nccn1C)C(=O)C(C)(C)n1cccc1. The van der Waals surface area contributed by atoms with Gasteiger partial charge in [0.1, 0.15) is 11.4 Å². The second-order valence-electron chi connectivity index (χ2n) is 6.13. The molecule has 2 aromatic heterocycles. The molecule has 2 aromatic rings. The molecule has 0 aromatic carbocycles. The lowest BCUT2D eigenvalue weighted by Crippen LogP contribution is -2.49. The van der Waals surface area contributed by atoms with Gasteiger partial charge in [-0.05, 0) is 39.8 Å². The molecule has 5 nitrogen and oxygen atoms in total. The summed E-state index contributed by atoms with van der Waals surface area (Å²) in [4.78, 5) is 19.2. The molecule has 2 heterocycles. The lowest BCUT2D eigenvalue weighted by Gasteiger charge is -2.35. The van der Waals surface area contributed by atoms with E-state index in [0.29, 0.717) is 6.54 Å². The second kappa shape index (κ2) is 5.76. The quantitative estimate of drug-likeness (QED) is 0.848. The van der Waals surface area contributed by atoms with Crippen molar-refractivity contribution in [2.45, 2.75) is 45.8 Å². The van der Waals surface area contributed by atoms with Gasteiger partial charge in [0, 0.05) is 37.9 Å². The normalized spacial score (nSPS) is 11.9. The van der Waals surface area contributed by atoms with Crippen LogP contribution in [0.15, 0.2) is 36.9 Å². The zero-order valence-corrected chi connectivity index (χ0v) is 13.4. The molecule has 0 aliphatic carbocycles. The van der Waals surface area contributed by atoms with Gasteiger partial charge in [-0.1, -0.05) is 0 Å². The summed E-state index contributed by atoms with van der Waals surface area (Å²) in [6.07, 6.45) is 7.51. The Morgan fingerprint density at radius 2 is 1.90 bits per heavy atom. The van der Waals surface area contributed by atoms with E-state index in [4.69, 9.17) is 0 Å². The zero-order valence-electron chi connectivity index (χ0n) is 13.4. The van der Waals surface area contributed by atoms with Crippen molar-refractivity contribution in [3.63, 3.8) is 0 Å². The number of rotatable bonds is 5. The molecule has 0 radical (unpaired) electrons. The van der Waals surface area contributed by atoms with E-state index < -0.39 is 5.54 Å². The average molecular weight is 288 g/mol. The third-order valence-corrected chi connectivity index (χ3v) is 3.89. The summed E-state index contributed by atoms with van der Waals surface area (Å²) in [6.45, 7) is 8.48. The number of carbonyl (C=O) groups is 1. The van der Waals surface area contributed by atoms with Gasteiger partial charge in [-0.15, -0.1) is 0 Å². The van der Waals surface area contributed by atoms with Crippen molar-refractivity contribution in [3.05, 3.63) is 42.7 Å². The van der Waals surface area contributed by atoms with Crippen molar-refractivity contribution < 1.29 is 4.79 Å². The molecule has 21 heavy (non-hydrogen) atoms. The highest BCUT2D eigenvalue weighted by Gasteiger charge is 2.34. The first-order valence-electron chi connectivity index (χ1n) is 7.24. The van der Waals surface area contributed by atoms with Crippen LogP contribution in [0.25, 0.3) is 0 Å². The average Bonchev–Trinajstić information content (AvgIpc) is 3.06. The first kappa shape index (κ1) is 15.4. The van der Waals surface area contributed by atoms with Gasteiger partial charge in [-0.2, -0.15) is 0 Å². The zero-order chi connectivity index (χ0) is 15.6. The van der Waals surface area contributed by atoms with Crippen LogP contribution in [-0.4, -0.2) is 31.0 Å². The Kier molecular flexibility index (Phi) is 4.21. The Labute approximate surface area is 126 Å². The van der Waals surface area contributed by atoms with Crippen LogP contribution in [0.3, 0.4) is 0 Å². The van der Waals surface area contributed by atoms with Crippen LogP contribution >= 0.6 is 0 Å². The molecule has 0 spiro atoms. The number of carbonyl (C=O) groups excluding carboxylic acids is 1. The molecular weight excluding hydrogens is 264 g/mol. The molecule has 0 aliphatic heterocycles. The van der Waals surface area contributed by atoms with Crippen molar-refractivity contribution >= 4 is 5.91 Å². The fourth-order valence-electron chi connectivity index (χ4n) is 2.36. The number of hydrogen-bond donors (Lipinski definition) is 0. The van der Waals surface area contributed by atoms with Crippen molar-refractivity contribution in [3.8, 4) is 0 Å². The van der Waals surface area contributed by atoms with Crippen molar-refractivity contribution in [2.24, 2.45) is 7.05 Å². The molecule has 114 valence electrons. The van der Waals surface area contributed by atoms with Crippen LogP contribution in [0.5, 0.6) is 0 Å². The van der Waals surface area contributed by atoms with Crippen molar-refractivity contribution in [1.82, 2.24) is 19.0 Å². The predicted octanol–water partition coefficient (Wildman–Crippen LogP) is 2.39. The summed E-state index contributed by atoms with van der Waals surface area (Å²) in [5.74, 6) is 0.983. The van der Waals surface area contributed by atoms with Gasteiger partial charge in [0.25, 0.3) is 0 Å². The van der Waals surface area contributed by atoms with E-state index in [1.807, 2.05) is 79.5 Å². The molecular formula is C16H24N4O. The molecule has 0 fully saturated rings. The highest BCUT2D eigenvalue weighted by atomic mass is 16.2. The predicted molar refractivity (Wildman–Crippen MR) is 82.6 cm³/mol. The van der Waals surface area contributed by atoms with E-state index in [1.165, 1.54) is 0 Å². The van der Waals surface area contributed by atoms with Gasteiger partial charge in [0.2, 0.25) is 5.91 Å². The highest BCUT2D eigenvalue weighted by Crippen LogP contribution is 2.21. The third-order valence-electron chi connectivity index (χ3n) is 3.89. The van der Waals surface area contributed by atoms with E-state index >= 15 is 0 Å². The van der Waals surface area contributed by atoms with E-state index in [9.17, 15) is 4.79 Å². The van der Waals surface area contributed by atoms with Crippen LogP contribution < -0.4 is 0 Å². The van der Waals surface area contributed by atoms with Gasteiger partial charge in [-0.25, -0.2) is 4.98 Å². The van der Waals surface area contributed by atoms with Gasteiger partial charge in [0.15, 0.2) is 0 Å². The van der Waals surface area contributed by atoms with E-state index in [-0.39, 0.29) is 11.9 Å². The number of aromatic nitrogens is 3. The molecule has 0 unspecified atom stereocenters. The second-order valence-corrected chi connectivity index (χ2v) is 6.13. The van der Waals surface area contributed by atoms with Gasteiger partial charge in [-0.3, -0.25) is 4.79 Å². The lowest BCUT2D eigenvalue weighted by atomic mass is 10.0. The van der Waals surface area contributed by atoms with E-state index in [0.717, 1.165) is 5.82 Å². The maximum atomic E-state index is 13.0. The van der Waals surface area contributed by atoms with E-state index in [2.05, 4.69) is 4.98 Å². The summed E-state index contributed by atoms with van der Waals surface area (Å²) in [5.41, 5.74) is -0.612. The molecule has 0 saturated carbocycles. The fraction of sp³-hybridized carbons (Fsp3) is 0.500. The van der Waals surface area contributed by atoms with Gasteiger partial charge in [0.05, 0.1) is 6.54 Å². The Balaban J connectivity index is 2.26. The highest BCUT2D eigenvalue weighted by molar-refractivity contribution is 5.84. The number of hydrogen-bond acceptors (Lipinski definition) is 2. The lowest BCUT2D eigenvalue weighted by molar-refractivity contribution is -0.142. The van der Waals surface area contributed by atoms with Crippen LogP contribution in [0.4, 0.5) is 0 Å². The smallest absolute Gasteiger partial charge is 0.248 e. The largest absolute Gasteiger partial charge is 0.340 e. The van der Waals surface area contributed by atoms with Gasteiger partial charge < -0.3 is 14.0 Å². The van der Waals surface area contributed by atoms with Crippen LogP contribution in [0.2, 0.25) is 0 Å². The molecule has 1 amide bonds. The van der Waals surface area contributed by atoms with Crippen LogP contribution in [0.1, 0.15) is 33.5 Å². The molecule has 0 saturated heterocycles. The van der Waals surface area contributed by atoms with E-state index in [1.54, 1.807) is 6.20 Å². The summed E-state index contributed by atoms with van der Waals surface area (Å²) in [5, 5.41) is 0. The number of imidazole rings is 1. The fourth-order valence-corrected chi connectivity index (χ4v) is 2.36. The van der Waals surface area contributed by atoms with Crippen molar-refractivity contribution in [2.75, 3.05) is 0 Å². The number of nitrogens with zero attached hydrogens (tertiary/aromatic N) is 4. The summed E-state index contributed by atoms with van der Waals surface area (Å²) in [7, 11) is 1.95. The third kappa shape index (κ3) is 3.01. The molecule has 2 rings (SSSR count). The molecule has 0 N–H and O–H groups in total. The van der Waals surface area contributed by atoms with Crippen molar-refractivity contribution in [1.29, 1.82) is 0 Å². The minimum Gasteiger partial charge on any atom is -0.340 e. The standard InChI is InChI=1S/C16H24N4O/c1-13(2)20(12-14-17-8-11-18(14)5)15(21)16(3,4)19-9-6-7-10-19/h6-11,13H,12H2,1-5H3. The van der Waals surface area contributed by atoms with Gasteiger partial charge >= 0.3 is 0 Å². The monoisotopic (exact) mass is 288 g/mol. The summed E-state index contributed by atoms with van der Waals surface area (Å²) in [6, 6.07) is 3.99. The number of aryl methyl sites for hydroxylation is 1. The first-order chi connectivity index (χ1) is 9.84. The van der Waals surface area contributed by atoms with Crippen LogP contribution in [0, 0.1) is 0 Å². The Morgan fingerprint density at radius 1 is 1.29 bits per heavy atom. The Morgan fingerprint density at radius 3 is 2.38 bits per heavy atom. The first-order valence-corrected chi connectivity index (χ1v) is 7.24. The maximum Gasteiger partial charge on any atom is 0.248 e.